The first kappa shape index (κ1) is 57.8. The molecule has 2 aliphatic rings. The van der Waals surface area contributed by atoms with Crippen LogP contribution in [0.3, 0.4) is 0 Å². The van der Waals surface area contributed by atoms with Gasteiger partial charge in [-0.1, -0.05) is 43.7 Å². The molecular formula is C49H68N12O12S. The number of nitrogens with one attached hydrogen (secondary N) is 11. The van der Waals surface area contributed by atoms with Crippen LogP contribution in [0.4, 0.5) is 5.69 Å². The fraction of sp³-hybridized carbons (Fsp3) is 0.510. The average Bonchev–Trinajstić information content (AvgIpc) is 4.02. The highest BCUT2D eigenvalue weighted by Crippen LogP contribution is 2.32. The van der Waals surface area contributed by atoms with Gasteiger partial charge in [0.2, 0.25) is 59.6 Å². The summed E-state index contributed by atoms with van der Waals surface area (Å²) in [7, 11) is 1.66. The topological polar surface area (TPSA) is 350 Å². The third kappa shape index (κ3) is 16.7. The number of carbonyl (C=O) groups excluding carboxylic acids is 10. The molecule has 10 amide bonds. The van der Waals surface area contributed by atoms with Gasteiger partial charge in [0.25, 0.3) is 0 Å². The van der Waals surface area contributed by atoms with Crippen molar-refractivity contribution in [2.75, 3.05) is 44.4 Å². The number of aliphatic hydroxyl groups excluding tert-OH is 2. The summed E-state index contributed by atoms with van der Waals surface area (Å²) in [6, 6.07) is 6.39. The molecule has 0 saturated carbocycles. The molecule has 2 aromatic carbocycles. The van der Waals surface area contributed by atoms with E-state index in [-0.39, 0.29) is 50.4 Å². The fourth-order valence-electron chi connectivity index (χ4n) is 8.40. The molecule has 0 bridgehead atoms. The number of aromatic amines is 1. The molecule has 2 aliphatic heterocycles. The Hall–Kier alpha value is -7.09. The van der Waals surface area contributed by atoms with E-state index < -0.39 is 122 Å². The lowest BCUT2D eigenvalue weighted by atomic mass is 10.0. The van der Waals surface area contributed by atoms with Gasteiger partial charge in [-0.2, -0.15) is 0 Å². The van der Waals surface area contributed by atoms with Crippen LogP contribution in [0, 0.1) is 0 Å². The van der Waals surface area contributed by atoms with Gasteiger partial charge in [-0.05, 0) is 75.9 Å². The largest absolute Gasteiger partial charge is 0.394 e. The maximum absolute atomic E-state index is 14.7. The van der Waals surface area contributed by atoms with Crippen LogP contribution in [0.15, 0.2) is 53.6 Å². The van der Waals surface area contributed by atoms with Gasteiger partial charge in [-0.25, -0.2) is 0 Å². The number of carbonyl (C=O) groups is 10. The smallest absolute Gasteiger partial charge is 0.246 e. The number of nitrogens with zero attached hydrogens (tertiary/aromatic N) is 1. The summed E-state index contributed by atoms with van der Waals surface area (Å²) in [5.41, 5.74) is 2.35. The molecule has 13 N–H and O–H groups in total. The lowest BCUT2D eigenvalue weighted by Gasteiger charge is -2.30. The second kappa shape index (κ2) is 28.4. The molecule has 402 valence electrons. The van der Waals surface area contributed by atoms with Crippen molar-refractivity contribution in [3.8, 4) is 0 Å². The van der Waals surface area contributed by atoms with Crippen molar-refractivity contribution in [2.45, 2.75) is 126 Å². The zero-order chi connectivity index (χ0) is 53.9. The number of aromatic nitrogens is 1. The average molecular weight is 1050 g/mol. The molecule has 3 aromatic rings. The summed E-state index contributed by atoms with van der Waals surface area (Å²) in [4.78, 5) is 139. The molecule has 74 heavy (non-hydrogen) atoms. The number of benzene rings is 2. The van der Waals surface area contributed by atoms with Gasteiger partial charge in [0.15, 0.2) is 0 Å². The number of para-hydroxylation sites is 1. The van der Waals surface area contributed by atoms with Crippen LogP contribution >= 0.6 is 11.8 Å². The van der Waals surface area contributed by atoms with Crippen LogP contribution < -0.4 is 53.2 Å². The maximum atomic E-state index is 14.7. The van der Waals surface area contributed by atoms with Crippen LogP contribution in [0.5, 0.6) is 0 Å². The number of aliphatic hydroxyl groups is 2. The molecule has 0 aliphatic carbocycles. The van der Waals surface area contributed by atoms with Crippen LogP contribution in [-0.2, 0) is 60.9 Å². The van der Waals surface area contributed by atoms with E-state index in [2.05, 4.69) is 58.2 Å². The maximum Gasteiger partial charge on any atom is 0.246 e. The molecule has 0 spiro atoms. The van der Waals surface area contributed by atoms with E-state index in [0.717, 1.165) is 11.8 Å². The first-order chi connectivity index (χ1) is 35.4. The first-order valence-corrected chi connectivity index (χ1v) is 25.5. The molecule has 6 unspecified atom stereocenters. The van der Waals surface area contributed by atoms with Gasteiger partial charge in [0, 0.05) is 47.9 Å². The molecule has 8 atom stereocenters. The van der Waals surface area contributed by atoms with E-state index in [1.165, 1.54) is 4.90 Å². The zero-order valence-corrected chi connectivity index (χ0v) is 42.7. The van der Waals surface area contributed by atoms with Crippen LogP contribution in [-0.4, -0.2) is 167 Å². The number of likely N-dealkylation sites (N-methyl/N-ethyl adjacent to an activating group) is 1. The highest BCUT2D eigenvalue weighted by Gasteiger charge is 2.40. The molecule has 25 heteroatoms. The Kier molecular flexibility index (Phi) is 22.2. The van der Waals surface area contributed by atoms with E-state index in [1.807, 2.05) is 0 Å². The van der Waals surface area contributed by atoms with Crippen molar-refractivity contribution in [3.63, 3.8) is 0 Å². The lowest BCUT2D eigenvalue weighted by Crippen LogP contribution is -2.59. The Morgan fingerprint density at radius 3 is 2.31 bits per heavy atom. The van der Waals surface area contributed by atoms with E-state index in [9.17, 15) is 58.2 Å². The Balaban J connectivity index is 1.45. The van der Waals surface area contributed by atoms with E-state index in [4.69, 9.17) is 0 Å². The molecule has 24 nitrogen and oxygen atoms in total. The quantitative estimate of drug-likeness (QED) is 0.0573. The number of anilines is 1. The number of rotatable bonds is 19. The number of likely N-dealkylation sites (tertiary alicyclic amines) is 1. The fourth-order valence-corrected chi connectivity index (χ4v) is 9.51. The molecule has 1 saturated heterocycles. The molecule has 5 rings (SSSR count). The van der Waals surface area contributed by atoms with E-state index in [1.54, 1.807) is 76.3 Å². The number of hydrogen-bond donors (Lipinski definition) is 13. The van der Waals surface area contributed by atoms with E-state index >= 15 is 0 Å². The van der Waals surface area contributed by atoms with Crippen LogP contribution in [0.2, 0.25) is 0 Å². The van der Waals surface area contributed by atoms with Crippen molar-refractivity contribution in [3.05, 3.63) is 59.7 Å². The first-order valence-electron chi connectivity index (χ1n) is 24.5. The second-order valence-electron chi connectivity index (χ2n) is 18.2. The number of H-pyrrole nitrogens is 1. The van der Waals surface area contributed by atoms with Gasteiger partial charge in [-0.3, -0.25) is 47.9 Å². The van der Waals surface area contributed by atoms with Gasteiger partial charge in [-0.15, -0.1) is 11.8 Å². The second-order valence-corrected chi connectivity index (χ2v) is 19.2. The Bertz CT molecular complexity index is 2490. The van der Waals surface area contributed by atoms with Crippen molar-refractivity contribution >= 4 is 87.9 Å². The number of thioether (sulfide) groups is 1. The van der Waals surface area contributed by atoms with Gasteiger partial charge in [0.1, 0.15) is 30.2 Å². The van der Waals surface area contributed by atoms with E-state index in [0.29, 0.717) is 52.0 Å². The summed E-state index contributed by atoms with van der Waals surface area (Å²) in [6.45, 7) is 3.51. The summed E-state index contributed by atoms with van der Waals surface area (Å²) in [5.74, 6) is -6.30. The normalized spacial score (nSPS) is 20.6. The van der Waals surface area contributed by atoms with Crippen molar-refractivity contribution in [1.29, 1.82) is 0 Å². The van der Waals surface area contributed by atoms with Crippen LogP contribution in [0.25, 0.3) is 10.9 Å². The summed E-state index contributed by atoms with van der Waals surface area (Å²) in [5, 5.41) is 47.0. The Morgan fingerprint density at radius 1 is 0.919 bits per heavy atom. The number of hydrogen-bond acceptors (Lipinski definition) is 14. The SMILES string of the molecule is CCCC1NC(=O)CNC(=O)[C@@H](NC=O)Cc2c([nH]c3ccccc23)SC[C@@H](C(=O)NC(CC(=O)NCc2ccc(NC(=O)C(C)NC)cc2)C(=O)N2CCCC2C(=O)NC(C)CC(O)CO)NC(=O)CNC1=O. The zero-order valence-electron chi connectivity index (χ0n) is 41.8. The standard InChI is InChI=1S/C49H68N12O12S/c1-5-9-35-44(69)52-23-42(67)58-38(25-74-48-33(32-10-6-7-11-34(32)60-48)19-36(54-26-63)45(70)53-22-41(66)57-35)46(71)59-37(49(73)61-17-8-12-39(61)47(72)55-27(2)18-31(64)24-62)20-40(65)51-21-29-13-15-30(16-14-29)56-43(68)28(3)50-4/h6-7,10-11,13-16,26-28,31,35-39,50,60,62,64H,5,8-9,12,17-25H2,1-4H3,(H,51,65)(H,52,69)(H,53,70)(H,54,63)(H,55,72)(H,56,68)(H,57,66)(H,58,67)(H,59,71)/t27?,28?,31?,35?,36-,37?,38-,39?/m0/s1. The molecule has 0 radical (unpaired) electrons. The molecular weight excluding hydrogens is 981 g/mol. The van der Waals surface area contributed by atoms with Crippen LogP contribution in [0.1, 0.15) is 70.4 Å². The summed E-state index contributed by atoms with van der Waals surface area (Å²) < 4.78 is 0. The van der Waals surface area contributed by atoms with Gasteiger partial charge >= 0.3 is 0 Å². The predicted octanol–water partition coefficient (Wildman–Crippen LogP) is -2.09. The minimum Gasteiger partial charge on any atom is -0.394 e. The highest BCUT2D eigenvalue weighted by atomic mass is 32.2. The minimum atomic E-state index is -1.60. The van der Waals surface area contributed by atoms with Gasteiger partial charge in [0.05, 0.1) is 43.3 Å². The van der Waals surface area contributed by atoms with Crippen molar-refractivity contribution in [2.24, 2.45) is 0 Å². The highest BCUT2D eigenvalue weighted by molar-refractivity contribution is 7.99. The Labute approximate surface area is 432 Å². The van der Waals surface area contributed by atoms with Crippen molar-refractivity contribution < 1.29 is 58.2 Å². The Morgan fingerprint density at radius 2 is 1.62 bits per heavy atom. The lowest BCUT2D eigenvalue weighted by molar-refractivity contribution is -0.143. The third-order valence-electron chi connectivity index (χ3n) is 12.5. The van der Waals surface area contributed by atoms with Crippen molar-refractivity contribution in [1.82, 2.24) is 57.7 Å². The number of fused-ring (bicyclic) bond motifs is 3. The van der Waals surface area contributed by atoms with Gasteiger partial charge < -0.3 is 73.3 Å². The predicted molar refractivity (Wildman–Crippen MR) is 273 cm³/mol. The molecule has 3 heterocycles. The third-order valence-corrected chi connectivity index (χ3v) is 13.6. The minimum absolute atomic E-state index is 0.0112. The number of amides is 10. The molecule has 1 fully saturated rings. The summed E-state index contributed by atoms with van der Waals surface area (Å²) in [6.07, 6.45) is -0.151. The molecule has 1 aromatic heterocycles. The summed E-state index contributed by atoms with van der Waals surface area (Å²) >= 11 is 1.07. The monoisotopic (exact) mass is 1050 g/mol.